The van der Waals surface area contributed by atoms with Gasteiger partial charge in [0, 0.05) is 25.5 Å². The standard InChI is InChI=1S/C12H19N3O/c1-2-12(11-3-6-13-14-11)15(7-1)10-4-8-16-9-5-10/h3,6,10,12H,1-2,4-5,7-9H2,(H,13,14)/t12-/m1/s1. The molecule has 2 fully saturated rings. The van der Waals surface area contributed by atoms with Crippen LogP contribution in [0.2, 0.25) is 0 Å². The average Bonchev–Trinajstić information content (AvgIpc) is 3.01. The Bertz CT molecular complexity index is 319. The molecule has 1 atom stereocenters. The van der Waals surface area contributed by atoms with Gasteiger partial charge in [-0.15, -0.1) is 0 Å². The van der Waals surface area contributed by atoms with E-state index in [0.717, 1.165) is 13.2 Å². The van der Waals surface area contributed by atoms with Crippen molar-refractivity contribution < 1.29 is 4.74 Å². The van der Waals surface area contributed by atoms with Gasteiger partial charge < -0.3 is 4.74 Å². The highest BCUT2D eigenvalue weighted by Crippen LogP contribution is 2.34. The molecule has 4 heteroatoms. The molecule has 0 unspecified atom stereocenters. The zero-order valence-electron chi connectivity index (χ0n) is 9.56. The van der Waals surface area contributed by atoms with Gasteiger partial charge in [0.25, 0.3) is 0 Å². The summed E-state index contributed by atoms with van der Waals surface area (Å²) in [5, 5.41) is 7.20. The van der Waals surface area contributed by atoms with Crippen LogP contribution >= 0.6 is 0 Å². The zero-order chi connectivity index (χ0) is 10.8. The third-order valence-electron chi connectivity index (χ3n) is 3.84. The minimum absolute atomic E-state index is 0.561. The van der Waals surface area contributed by atoms with Crippen molar-refractivity contribution in [2.45, 2.75) is 37.8 Å². The quantitative estimate of drug-likeness (QED) is 0.826. The Morgan fingerprint density at radius 3 is 2.94 bits per heavy atom. The van der Waals surface area contributed by atoms with Crippen LogP contribution in [-0.2, 0) is 4.74 Å². The summed E-state index contributed by atoms with van der Waals surface area (Å²) < 4.78 is 5.44. The van der Waals surface area contributed by atoms with Gasteiger partial charge in [0.05, 0.1) is 11.7 Å². The molecule has 0 aliphatic carbocycles. The summed E-state index contributed by atoms with van der Waals surface area (Å²) in [4.78, 5) is 2.65. The summed E-state index contributed by atoms with van der Waals surface area (Å²) in [7, 11) is 0. The summed E-state index contributed by atoms with van der Waals surface area (Å²) in [6.07, 6.45) is 6.80. The van der Waals surface area contributed by atoms with Crippen LogP contribution in [0.5, 0.6) is 0 Å². The fraction of sp³-hybridized carbons (Fsp3) is 0.750. The Labute approximate surface area is 96.0 Å². The van der Waals surface area contributed by atoms with Crippen molar-refractivity contribution in [3.8, 4) is 0 Å². The van der Waals surface area contributed by atoms with E-state index in [1.54, 1.807) is 0 Å². The maximum atomic E-state index is 5.44. The Morgan fingerprint density at radius 2 is 2.19 bits per heavy atom. The van der Waals surface area contributed by atoms with Gasteiger partial charge in [-0.05, 0) is 38.3 Å². The molecule has 0 spiro atoms. The molecular formula is C12H19N3O. The van der Waals surface area contributed by atoms with Gasteiger partial charge in [-0.2, -0.15) is 5.10 Å². The molecule has 16 heavy (non-hydrogen) atoms. The summed E-state index contributed by atoms with van der Waals surface area (Å²) in [5.74, 6) is 0. The third kappa shape index (κ3) is 1.87. The van der Waals surface area contributed by atoms with Gasteiger partial charge in [0.1, 0.15) is 0 Å². The first-order valence-electron chi connectivity index (χ1n) is 6.28. The number of H-pyrrole nitrogens is 1. The SMILES string of the molecule is c1cc([C@H]2CCCN2C2CCOCC2)[nH]n1. The fourth-order valence-corrected chi connectivity index (χ4v) is 3.03. The molecule has 2 saturated heterocycles. The first kappa shape index (κ1) is 10.3. The van der Waals surface area contributed by atoms with Crippen LogP contribution in [0, 0.1) is 0 Å². The van der Waals surface area contributed by atoms with Gasteiger partial charge in [-0.3, -0.25) is 10.00 Å². The number of nitrogens with one attached hydrogen (secondary N) is 1. The molecular weight excluding hydrogens is 202 g/mol. The first-order chi connectivity index (χ1) is 7.95. The van der Waals surface area contributed by atoms with Crippen molar-refractivity contribution in [3.63, 3.8) is 0 Å². The van der Waals surface area contributed by atoms with Gasteiger partial charge in [-0.25, -0.2) is 0 Å². The number of hydrogen-bond acceptors (Lipinski definition) is 3. The molecule has 0 bridgehead atoms. The lowest BCUT2D eigenvalue weighted by Crippen LogP contribution is -2.39. The summed E-state index contributed by atoms with van der Waals surface area (Å²) >= 11 is 0. The Balaban J connectivity index is 1.73. The third-order valence-corrected chi connectivity index (χ3v) is 3.84. The summed E-state index contributed by atoms with van der Waals surface area (Å²) in [5.41, 5.74) is 1.28. The molecule has 1 N–H and O–H groups in total. The molecule has 1 aromatic heterocycles. The van der Waals surface area contributed by atoms with Gasteiger partial charge >= 0.3 is 0 Å². The molecule has 0 saturated carbocycles. The highest BCUT2D eigenvalue weighted by molar-refractivity contribution is 5.07. The van der Waals surface area contributed by atoms with Crippen molar-refractivity contribution in [2.75, 3.05) is 19.8 Å². The van der Waals surface area contributed by atoms with E-state index in [1.165, 1.54) is 37.9 Å². The van der Waals surface area contributed by atoms with Crippen LogP contribution in [-0.4, -0.2) is 40.9 Å². The van der Waals surface area contributed by atoms with E-state index < -0.39 is 0 Å². The van der Waals surface area contributed by atoms with Crippen LogP contribution < -0.4 is 0 Å². The van der Waals surface area contributed by atoms with Crippen molar-refractivity contribution in [2.24, 2.45) is 0 Å². The van der Waals surface area contributed by atoms with E-state index in [9.17, 15) is 0 Å². The fourth-order valence-electron chi connectivity index (χ4n) is 3.03. The highest BCUT2D eigenvalue weighted by Gasteiger charge is 2.33. The normalized spacial score (nSPS) is 28.6. The lowest BCUT2D eigenvalue weighted by molar-refractivity contribution is 0.0285. The number of nitrogens with zero attached hydrogens (tertiary/aromatic N) is 2. The molecule has 3 heterocycles. The zero-order valence-corrected chi connectivity index (χ0v) is 9.56. The second-order valence-corrected chi connectivity index (χ2v) is 4.75. The van der Waals surface area contributed by atoms with Crippen LogP contribution in [0.25, 0.3) is 0 Å². The van der Waals surface area contributed by atoms with Crippen LogP contribution in [0.1, 0.15) is 37.4 Å². The predicted molar refractivity (Wildman–Crippen MR) is 61.1 cm³/mol. The van der Waals surface area contributed by atoms with E-state index in [-0.39, 0.29) is 0 Å². The van der Waals surface area contributed by atoms with E-state index in [4.69, 9.17) is 4.74 Å². The molecule has 4 nitrogen and oxygen atoms in total. The summed E-state index contributed by atoms with van der Waals surface area (Å²) in [6, 6.07) is 3.39. The van der Waals surface area contributed by atoms with E-state index in [1.807, 2.05) is 6.20 Å². The van der Waals surface area contributed by atoms with Gasteiger partial charge in [0.2, 0.25) is 0 Å². The second-order valence-electron chi connectivity index (χ2n) is 4.75. The molecule has 0 aromatic carbocycles. The van der Waals surface area contributed by atoms with E-state index in [0.29, 0.717) is 12.1 Å². The van der Waals surface area contributed by atoms with E-state index in [2.05, 4.69) is 21.2 Å². The molecule has 0 radical (unpaired) electrons. The monoisotopic (exact) mass is 221 g/mol. The lowest BCUT2D eigenvalue weighted by atomic mass is 10.0. The number of ether oxygens (including phenoxy) is 1. The number of aromatic amines is 1. The smallest absolute Gasteiger partial charge is 0.0523 e. The first-order valence-corrected chi connectivity index (χ1v) is 6.28. The Morgan fingerprint density at radius 1 is 1.31 bits per heavy atom. The second kappa shape index (κ2) is 4.55. The number of rotatable bonds is 2. The Kier molecular flexibility index (Phi) is 2.93. The molecule has 3 rings (SSSR count). The van der Waals surface area contributed by atoms with Gasteiger partial charge in [-0.1, -0.05) is 0 Å². The van der Waals surface area contributed by atoms with Crippen molar-refractivity contribution in [3.05, 3.63) is 18.0 Å². The Hall–Kier alpha value is -0.870. The molecule has 1 aromatic rings. The van der Waals surface area contributed by atoms with Crippen molar-refractivity contribution >= 4 is 0 Å². The average molecular weight is 221 g/mol. The minimum Gasteiger partial charge on any atom is -0.381 e. The van der Waals surface area contributed by atoms with Crippen LogP contribution in [0.3, 0.4) is 0 Å². The number of hydrogen-bond donors (Lipinski definition) is 1. The van der Waals surface area contributed by atoms with Crippen LogP contribution in [0.4, 0.5) is 0 Å². The van der Waals surface area contributed by atoms with Crippen molar-refractivity contribution in [1.82, 2.24) is 15.1 Å². The van der Waals surface area contributed by atoms with Crippen molar-refractivity contribution in [1.29, 1.82) is 0 Å². The predicted octanol–water partition coefficient (Wildman–Crippen LogP) is 1.73. The lowest BCUT2D eigenvalue weighted by Gasteiger charge is -2.35. The molecule has 2 aliphatic rings. The number of likely N-dealkylation sites (tertiary alicyclic amines) is 1. The highest BCUT2D eigenvalue weighted by atomic mass is 16.5. The molecule has 0 amide bonds. The molecule has 2 aliphatic heterocycles. The van der Waals surface area contributed by atoms with E-state index >= 15 is 0 Å². The number of aromatic nitrogens is 2. The minimum atomic E-state index is 0.561. The maximum Gasteiger partial charge on any atom is 0.0523 e. The molecule has 88 valence electrons. The summed E-state index contributed by atoms with van der Waals surface area (Å²) in [6.45, 7) is 3.09. The van der Waals surface area contributed by atoms with Gasteiger partial charge in [0.15, 0.2) is 0 Å². The van der Waals surface area contributed by atoms with Crippen LogP contribution in [0.15, 0.2) is 12.3 Å². The topological polar surface area (TPSA) is 41.1 Å². The maximum absolute atomic E-state index is 5.44. The largest absolute Gasteiger partial charge is 0.381 e.